The summed E-state index contributed by atoms with van der Waals surface area (Å²) in [5.41, 5.74) is 0. The number of carbonyl (C=O) groups excluding carboxylic acids is 1. The summed E-state index contributed by atoms with van der Waals surface area (Å²) in [6.07, 6.45) is 2.76. The lowest BCUT2D eigenvalue weighted by Crippen LogP contribution is -2.33. The Hall–Kier alpha value is -0.370. The van der Waals surface area contributed by atoms with Gasteiger partial charge in [-0.05, 0) is 18.8 Å². The SMILES string of the molecule is CO[C@H]1C(=O)CCC[C@@H]1C. The molecular weight excluding hydrogens is 128 g/mol. The largest absolute Gasteiger partial charge is 0.373 e. The smallest absolute Gasteiger partial charge is 0.161 e. The Morgan fingerprint density at radius 2 is 2.30 bits per heavy atom. The van der Waals surface area contributed by atoms with E-state index >= 15 is 0 Å². The molecule has 10 heavy (non-hydrogen) atoms. The number of ketones is 1. The topological polar surface area (TPSA) is 26.3 Å². The summed E-state index contributed by atoms with van der Waals surface area (Å²) < 4.78 is 5.07. The predicted octanol–water partition coefficient (Wildman–Crippen LogP) is 1.39. The normalized spacial score (nSPS) is 34.4. The zero-order valence-electron chi connectivity index (χ0n) is 6.59. The van der Waals surface area contributed by atoms with Gasteiger partial charge in [-0.15, -0.1) is 0 Å². The van der Waals surface area contributed by atoms with Crippen LogP contribution in [0.25, 0.3) is 0 Å². The summed E-state index contributed by atoms with van der Waals surface area (Å²) >= 11 is 0. The van der Waals surface area contributed by atoms with E-state index in [-0.39, 0.29) is 11.9 Å². The van der Waals surface area contributed by atoms with Gasteiger partial charge in [0, 0.05) is 13.5 Å². The lowest BCUT2D eigenvalue weighted by atomic mass is 9.87. The molecule has 0 aromatic heterocycles. The highest BCUT2D eigenvalue weighted by Crippen LogP contribution is 2.22. The lowest BCUT2D eigenvalue weighted by molar-refractivity contribution is -0.134. The molecular formula is C8H14O2. The second-order valence-corrected chi connectivity index (χ2v) is 2.99. The minimum absolute atomic E-state index is 0.117. The van der Waals surface area contributed by atoms with E-state index in [1.807, 2.05) is 0 Å². The number of methoxy groups -OCH3 is 1. The van der Waals surface area contributed by atoms with Gasteiger partial charge in [-0.2, -0.15) is 0 Å². The minimum atomic E-state index is -0.117. The first-order valence-electron chi connectivity index (χ1n) is 3.81. The number of ether oxygens (including phenoxy) is 1. The molecule has 0 radical (unpaired) electrons. The van der Waals surface area contributed by atoms with E-state index in [1.54, 1.807) is 7.11 Å². The van der Waals surface area contributed by atoms with Crippen molar-refractivity contribution in [1.82, 2.24) is 0 Å². The molecule has 0 spiro atoms. The Bertz CT molecular complexity index is 131. The molecule has 2 atom stereocenters. The quantitative estimate of drug-likeness (QED) is 0.553. The maximum Gasteiger partial charge on any atom is 0.161 e. The van der Waals surface area contributed by atoms with Gasteiger partial charge in [0.15, 0.2) is 5.78 Å². The van der Waals surface area contributed by atoms with Crippen LogP contribution < -0.4 is 0 Å². The molecule has 1 saturated carbocycles. The monoisotopic (exact) mass is 142 g/mol. The summed E-state index contributed by atoms with van der Waals surface area (Å²) in [6, 6.07) is 0. The predicted molar refractivity (Wildman–Crippen MR) is 38.8 cm³/mol. The van der Waals surface area contributed by atoms with E-state index in [0.29, 0.717) is 12.3 Å². The molecule has 0 amide bonds. The third-order valence-electron chi connectivity index (χ3n) is 2.17. The highest BCUT2D eigenvalue weighted by atomic mass is 16.5. The first-order chi connectivity index (χ1) is 4.75. The fraction of sp³-hybridized carbons (Fsp3) is 0.875. The lowest BCUT2D eigenvalue weighted by Gasteiger charge is -2.25. The average Bonchev–Trinajstić information content (AvgIpc) is 1.88. The molecule has 0 saturated heterocycles. The van der Waals surface area contributed by atoms with E-state index in [0.717, 1.165) is 12.8 Å². The van der Waals surface area contributed by atoms with E-state index in [1.165, 1.54) is 0 Å². The van der Waals surface area contributed by atoms with E-state index in [2.05, 4.69) is 6.92 Å². The number of hydrogen-bond acceptors (Lipinski definition) is 2. The maximum absolute atomic E-state index is 11.1. The maximum atomic E-state index is 11.1. The van der Waals surface area contributed by atoms with E-state index in [4.69, 9.17) is 4.74 Å². The van der Waals surface area contributed by atoms with E-state index < -0.39 is 0 Å². The van der Waals surface area contributed by atoms with Crippen molar-refractivity contribution in [2.75, 3.05) is 7.11 Å². The molecule has 0 aromatic rings. The van der Waals surface area contributed by atoms with Crippen LogP contribution in [0.3, 0.4) is 0 Å². The second-order valence-electron chi connectivity index (χ2n) is 2.99. The standard InChI is InChI=1S/C8H14O2/c1-6-4-3-5-7(9)8(6)10-2/h6,8H,3-5H2,1-2H3/t6-,8+/m0/s1. The van der Waals surface area contributed by atoms with Gasteiger partial charge in [0.05, 0.1) is 0 Å². The second kappa shape index (κ2) is 3.15. The highest BCUT2D eigenvalue weighted by molar-refractivity contribution is 5.84. The molecule has 0 bridgehead atoms. The molecule has 2 nitrogen and oxygen atoms in total. The number of carbonyl (C=O) groups is 1. The molecule has 1 fully saturated rings. The van der Waals surface area contributed by atoms with Crippen LogP contribution >= 0.6 is 0 Å². The van der Waals surface area contributed by atoms with Crippen molar-refractivity contribution in [2.45, 2.75) is 32.3 Å². The Labute approximate surface area is 61.6 Å². The van der Waals surface area contributed by atoms with Crippen molar-refractivity contribution >= 4 is 5.78 Å². The molecule has 1 aliphatic rings. The Morgan fingerprint density at radius 1 is 1.60 bits per heavy atom. The van der Waals surface area contributed by atoms with Gasteiger partial charge in [0.1, 0.15) is 6.10 Å². The van der Waals surface area contributed by atoms with Crippen LogP contribution in [0.5, 0.6) is 0 Å². The van der Waals surface area contributed by atoms with Crippen molar-refractivity contribution in [3.8, 4) is 0 Å². The average molecular weight is 142 g/mol. The molecule has 58 valence electrons. The van der Waals surface area contributed by atoms with Crippen molar-refractivity contribution in [3.63, 3.8) is 0 Å². The van der Waals surface area contributed by atoms with E-state index in [9.17, 15) is 4.79 Å². The zero-order chi connectivity index (χ0) is 7.56. The summed E-state index contributed by atoms with van der Waals surface area (Å²) in [5.74, 6) is 0.701. The first-order valence-corrected chi connectivity index (χ1v) is 3.81. The van der Waals surface area contributed by atoms with Gasteiger partial charge in [-0.25, -0.2) is 0 Å². The third kappa shape index (κ3) is 1.37. The van der Waals surface area contributed by atoms with Crippen LogP contribution in [0.15, 0.2) is 0 Å². The fourth-order valence-corrected chi connectivity index (χ4v) is 1.57. The van der Waals surface area contributed by atoms with Crippen molar-refractivity contribution in [3.05, 3.63) is 0 Å². The summed E-state index contributed by atoms with van der Waals surface area (Å²) in [7, 11) is 1.62. The van der Waals surface area contributed by atoms with Crippen LogP contribution in [0.4, 0.5) is 0 Å². The van der Waals surface area contributed by atoms with Crippen LogP contribution in [-0.4, -0.2) is 19.0 Å². The van der Waals surface area contributed by atoms with Gasteiger partial charge in [0.2, 0.25) is 0 Å². The van der Waals surface area contributed by atoms with Gasteiger partial charge >= 0.3 is 0 Å². The summed E-state index contributed by atoms with van der Waals surface area (Å²) in [6.45, 7) is 2.07. The molecule has 0 N–H and O–H groups in total. The fourth-order valence-electron chi connectivity index (χ4n) is 1.57. The Kier molecular flexibility index (Phi) is 2.44. The van der Waals surface area contributed by atoms with Crippen molar-refractivity contribution < 1.29 is 9.53 Å². The Balaban J connectivity index is 2.53. The summed E-state index contributed by atoms with van der Waals surface area (Å²) in [4.78, 5) is 11.1. The van der Waals surface area contributed by atoms with Gasteiger partial charge < -0.3 is 4.74 Å². The number of rotatable bonds is 1. The molecule has 1 rings (SSSR count). The van der Waals surface area contributed by atoms with Crippen LogP contribution in [0.2, 0.25) is 0 Å². The van der Waals surface area contributed by atoms with Gasteiger partial charge in [-0.3, -0.25) is 4.79 Å². The molecule has 0 aliphatic heterocycles. The molecule has 0 unspecified atom stereocenters. The first kappa shape index (κ1) is 7.73. The van der Waals surface area contributed by atoms with Crippen LogP contribution in [-0.2, 0) is 9.53 Å². The molecule has 1 aliphatic carbocycles. The van der Waals surface area contributed by atoms with Crippen molar-refractivity contribution in [1.29, 1.82) is 0 Å². The molecule has 0 heterocycles. The van der Waals surface area contributed by atoms with Crippen LogP contribution in [0.1, 0.15) is 26.2 Å². The van der Waals surface area contributed by atoms with Crippen molar-refractivity contribution in [2.24, 2.45) is 5.92 Å². The van der Waals surface area contributed by atoms with Gasteiger partial charge in [0.25, 0.3) is 0 Å². The number of hydrogen-bond donors (Lipinski definition) is 0. The third-order valence-corrected chi connectivity index (χ3v) is 2.17. The molecule has 2 heteroatoms. The van der Waals surface area contributed by atoms with Crippen LogP contribution in [0, 0.1) is 5.92 Å². The Morgan fingerprint density at radius 3 is 2.70 bits per heavy atom. The minimum Gasteiger partial charge on any atom is -0.373 e. The zero-order valence-corrected chi connectivity index (χ0v) is 6.59. The number of Topliss-reactive ketones (excluding diaryl/α,β-unsaturated/α-hetero) is 1. The molecule has 0 aromatic carbocycles. The summed E-state index contributed by atoms with van der Waals surface area (Å²) in [5, 5.41) is 0. The highest BCUT2D eigenvalue weighted by Gasteiger charge is 2.27. The van der Waals surface area contributed by atoms with Gasteiger partial charge in [-0.1, -0.05) is 6.92 Å².